The summed E-state index contributed by atoms with van der Waals surface area (Å²) in [6.07, 6.45) is 2.08. The maximum atomic E-state index is 6.70. The van der Waals surface area contributed by atoms with Gasteiger partial charge in [-0.2, -0.15) is 0 Å². The molecule has 0 saturated heterocycles. The summed E-state index contributed by atoms with van der Waals surface area (Å²) in [4.78, 5) is 1.22. The van der Waals surface area contributed by atoms with Gasteiger partial charge >= 0.3 is 0 Å². The molecule has 0 amide bonds. The summed E-state index contributed by atoms with van der Waals surface area (Å²) in [5, 5.41) is -0.137. The molecule has 0 aliphatic carbocycles. The molecule has 0 bridgehead atoms. The van der Waals surface area contributed by atoms with Crippen molar-refractivity contribution >= 4 is 23.4 Å². The Balaban J connectivity index is 2.46. The molecule has 2 rings (SSSR count). The first-order chi connectivity index (χ1) is 9.58. The highest BCUT2D eigenvalue weighted by atomic mass is 35.5. The van der Waals surface area contributed by atoms with Gasteiger partial charge in [-0.05, 0) is 48.4 Å². The van der Waals surface area contributed by atoms with E-state index in [1.165, 1.54) is 4.90 Å². The van der Waals surface area contributed by atoms with Crippen LogP contribution in [0.4, 0.5) is 0 Å². The number of rotatable bonds is 4. The average Bonchev–Trinajstić information content (AvgIpc) is 2.46. The Morgan fingerprint density at radius 2 is 1.70 bits per heavy atom. The number of benzene rings is 2. The third kappa shape index (κ3) is 2.97. The van der Waals surface area contributed by atoms with Crippen LogP contribution in [0.5, 0.6) is 5.75 Å². The zero-order chi connectivity index (χ0) is 14.7. The molecular weight excluding hydrogens is 288 g/mol. The maximum absolute atomic E-state index is 6.70. The largest absolute Gasteiger partial charge is 0.496 e. The predicted octanol–water partition coefficient (Wildman–Crippen LogP) is 5.36. The van der Waals surface area contributed by atoms with Gasteiger partial charge in [-0.15, -0.1) is 23.4 Å². The molecule has 0 fully saturated rings. The van der Waals surface area contributed by atoms with E-state index in [1.54, 1.807) is 18.9 Å². The summed E-state index contributed by atoms with van der Waals surface area (Å²) in [5.41, 5.74) is 4.51. The van der Waals surface area contributed by atoms with E-state index in [-0.39, 0.29) is 5.38 Å². The van der Waals surface area contributed by atoms with Gasteiger partial charge in [0.25, 0.3) is 0 Å². The van der Waals surface area contributed by atoms with Crippen LogP contribution < -0.4 is 4.74 Å². The molecule has 0 heterocycles. The van der Waals surface area contributed by atoms with Gasteiger partial charge in [0, 0.05) is 4.90 Å². The second-order valence-electron chi connectivity index (χ2n) is 4.79. The molecule has 0 spiro atoms. The summed E-state index contributed by atoms with van der Waals surface area (Å²) in [6.45, 7) is 4.11. The Hall–Kier alpha value is -1.12. The lowest BCUT2D eigenvalue weighted by Gasteiger charge is -2.17. The molecule has 0 saturated carbocycles. The summed E-state index contributed by atoms with van der Waals surface area (Å²) < 4.78 is 5.41. The van der Waals surface area contributed by atoms with Crippen molar-refractivity contribution in [2.75, 3.05) is 13.4 Å². The highest BCUT2D eigenvalue weighted by molar-refractivity contribution is 7.98. The van der Waals surface area contributed by atoms with Crippen LogP contribution >= 0.6 is 23.4 Å². The average molecular weight is 307 g/mol. The lowest BCUT2D eigenvalue weighted by molar-refractivity contribution is 0.408. The van der Waals surface area contributed by atoms with Gasteiger partial charge in [0.05, 0.1) is 12.5 Å². The van der Waals surface area contributed by atoms with E-state index in [1.807, 2.05) is 12.1 Å². The number of hydrogen-bond donors (Lipinski definition) is 0. The Kier molecular flexibility index (Phi) is 5.00. The summed E-state index contributed by atoms with van der Waals surface area (Å²) in [7, 11) is 1.70. The molecule has 2 aromatic carbocycles. The van der Waals surface area contributed by atoms with Crippen LogP contribution in [0.3, 0.4) is 0 Å². The van der Waals surface area contributed by atoms with Crippen LogP contribution in [-0.2, 0) is 0 Å². The Labute approximate surface area is 130 Å². The molecular formula is C17H19ClOS. The highest BCUT2D eigenvalue weighted by Crippen LogP contribution is 2.37. The van der Waals surface area contributed by atoms with Crippen molar-refractivity contribution in [3.8, 4) is 5.75 Å². The van der Waals surface area contributed by atoms with Gasteiger partial charge in [0.1, 0.15) is 5.75 Å². The van der Waals surface area contributed by atoms with Gasteiger partial charge in [0.15, 0.2) is 0 Å². The number of thioether (sulfide) groups is 1. The number of hydrogen-bond acceptors (Lipinski definition) is 2. The molecule has 3 heteroatoms. The monoisotopic (exact) mass is 306 g/mol. The van der Waals surface area contributed by atoms with E-state index < -0.39 is 0 Å². The highest BCUT2D eigenvalue weighted by Gasteiger charge is 2.16. The fraction of sp³-hybridized carbons (Fsp3) is 0.294. The van der Waals surface area contributed by atoms with Crippen molar-refractivity contribution < 1.29 is 4.74 Å². The minimum atomic E-state index is -0.137. The molecule has 106 valence electrons. The van der Waals surface area contributed by atoms with Gasteiger partial charge in [-0.25, -0.2) is 0 Å². The number of halogens is 1. The van der Waals surface area contributed by atoms with Crippen LogP contribution in [0.25, 0.3) is 0 Å². The van der Waals surface area contributed by atoms with Gasteiger partial charge in [-0.1, -0.05) is 30.3 Å². The van der Waals surface area contributed by atoms with Crippen LogP contribution in [0.1, 0.15) is 27.6 Å². The molecule has 0 aliphatic heterocycles. The second-order valence-corrected chi connectivity index (χ2v) is 6.08. The van der Waals surface area contributed by atoms with Crippen molar-refractivity contribution in [1.29, 1.82) is 0 Å². The molecule has 2 aromatic rings. The van der Waals surface area contributed by atoms with Gasteiger partial charge < -0.3 is 4.74 Å². The van der Waals surface area contributed by atoms with Gasteiger partial charge in [0.2, 0.25) is 0 Å². The van der Waals surface area contributed by atoms with Crippen molar-refractivity contribution in [3.05, 3.63) is 58.7 Å². The SMILES string of the molecule is COc1c(C)cc(C(Cl)c2ccccc2SC)cc1C. The summed E-state index contributed by atoms with van der Waals surface area (Å²) >= 11 is 8.43. The van der Waals surface area contributed by atoms with Crippen LogP contribution in [0.2, 0.25) is 0 Å². The normalized spacial score (nSPS) is 12.2. The predicted molar refractivity (Wildman–Crippen MR) is 88.4 cm³/mol. The molecule has 0 aromatic heterocycles. The molecule has 0 aliphatic rings. The first kappa shape index (κ1) is 15.3. The van der Waals surface area contributed by atoms with Crippen LogP contribution in [0, 0.1) is 13.8 Å². The maximum Gasteiger partial charge on any atom is 0.124 e. The molecule has 1 nitrogen and oxygen atoms in total. The minimum absolute atomic E-state index is 0.137. The number of ether oxygens (including phenoxy) is 1. The second kappa shape index (κ2) is 6.55. The quantitative estimate of drug-likeness (QED) is 0.555. The van der Waals surface area contributed by atoms with E-state index in [2.05, 4.69) is 44.4 Å². The molecule has 0 radical (unpaired) electrons. The zero-order valence-electron chi connectivity index (χ0n) is 12.2. The lowest BCUT2D eigenvalue weighted by atomic mass is 9.99. The Morgan fingerprint density at radius 1 is 1.10 bits per heavy atom. The summed E-state index contributed by atoms with van der Waals surface area (Å²) in [5.74, 6) is 0.941. The molecule has 1 atom stereocenters. The van der Waals surface area contributed by atoms with E-state index in [0.717, 1.165) is 28.0 Å². The number of methoxy groups -OCH3 is 1. The third-order valence-electron chi connectivity index (χ3n) is 3.39. The smallest absolute Gasteiger partial charge is 0.124 e. The summed E-state index contributed by atoms with van der Waals surface area (Å²) in [6, 6.07) is 12.5. The van der Waals surface area contributed by atoms with Crippen molar-refractivity contribution in [1.82, 2.24) is 0 Å². The number of aryl methyl sites for hydroxylation is 2. The fourth-order valence-electron chi connectivity index (χ4n) is 2.51. The third-order valence-corrected chi connectivity index (χ3v) is 4.69. The Morgan fingerprint density at radius 3 is 2.25 bits per heavy atom. The lowest BCUT2D eigenvalue weighted by Crippen LogP contribution is -1.99. The fourth-order valence-corrected chi connectivity index (χ4v) is 3.52. The van der Waals surface area contributed by atoms with Crippen LogP contribution in [0.15, 0.2) is 41.3 Å². The topological polar surface area (TPSA) is 9.23 Å². The van der Waals surface area contributed by atoms with Gasteiger partial charge in [-0.3, -0.25) is 0 Å². The first-order valence-electron chi connectivity index (χ1n) is 6.50. The van der Waals surface area contributed by atoms with Crippen molar-refractivity contribution in [3.63, 3.8) is 0 Å². The van der Waals surface area contributed by atoms with Crippen molar-refractivity contribution in [2.45, 2.75) is 24.1 Å². The first-order valence-corrected chi connectivity index (χ1v) is 8.16. The van der Waals surface area contributed by atoms with E-state index in [0.29, 0.717) is 0 Å². The van der Waals surface area contributed by atoms with E-state index >= 15 is 0 Å². The molecule has 0 N–H and O–H groups in total. The van der Waals surface area contributed by atoms with Crippen LogP contribution in [-0.4, -0.2) is 13.4 Å². The molecule has 20 heavy (non-hydrogen) atoms. The Bertz CT molecular complexity index is 587. The number of alkyl halides is 1. The zero-order valence-corrected chi connectivity index (χ0v) is 13.8. The van der Waals surface area contributed by atoms with E-state index in [9.17, 15) is 0 Å². The standard InChI is InChI=1S/C17H19ClOS/c1-11-9-13(10-12(2)17(11)19-3)16(18)14-7-5-6-8-15(14)20-4/h5-10,16H,1-4H3. The minimum Gasteiger partial charge on any atom is -0.496 e. The molecule has 1 unspecified atom stereocenters. The van der Waals surface area contributed by atoms with Crippen molar-refractivity contribution in [2.24, 2.45) is 0 Å². The van der Waals surface area contributed by atoms with E-state index in [4.69, 9.17) is 16.3 Å².